The van der Waals surface area contributed by atoms with Crippen LogP contribution in [0.25, 0.3) is 0 Å². The van der Waals surface area contributed by atoms with Gasteiger partial charge < -0.3 is 10.1 Å². The lowest BCUT2D eigenvalue weighted by Crippen LogP contribution is -2.47. The van der Waals surface area contributed by atoms with Crippen molar-refractivity contribution in [1.29, 1.82) is 0 Å². The summed E-state index contributed by atoms with van der Waals surface area (Å²) >= 11 is 0. The molecule has 2 aromatic rings. The zero-order chi connectivity index (χ0) is 20.6. The van der Waals surface area contributed by atoms with Gasteiger partial charge in [-0.05, 0) is 36.6 Å². The van der Waals surface area contributed by atoms with Gasteiger partial charge in [-0.2, -0.15) is 0 Å². The summed E-state index contributed by atoms with van der Waals surface area (Å²) in [6, 6.07) is 16.0. The van der Waals surface area contributed by atoms with Gasteiger partial charge in [0, 0.05) is 44.6 Å². The Bertz CT molecular complexity index is 835. The van der Waals surface area contributed by atoms with E-state index in [1.54, 1.807) is 0 Å². The number of carbonyl (C=O) groups excluding carboxylic acids is 2. The summed E-state index contributed by atoms with van der Waals surface area (Å²) in [6.45, 7) is 7.72. The van der Waals surface area contributed by atoms with Crippen LogP contribution in [0.2, 0.25) is 0 Å². The number of nitrogens with zero attached hydrogens (tertiary/aromatic N) is 1. The van der Waals surface area contributed by atoms with Crippen molar-refractivity contribution in [2.45, 2.75) is 39.3 Å². The van der Waals surface area contributed by atoms with Gasteiger partial charge in [0.1, 0.15) is 0 Å². The summed E-state index contributed by atoms with van der Waals surface area (Å²) in [4.78, 5) is 26.9. The van der Waals surface area contributed by atoms with Crippen LogP contribution in [-0.2, 0) is 16.1 Å². The summed E-state index contributed by atoms with van der Waals surface area (Å²) in [5.41, 5.74) is 4.21. The Morgan fingerprint density at radius 3 is 2.62 bits per heavy atom. The molecule has 0 aromatic heterocycles. The van der Waals surface area contributed by atoms with Gasteiger partial charge in [0.25, 0.3) is 0 Å². The van der Waals surface area contributed by atoms with E-state index >= 15 is 0 Å². The van der Waals surface area contributed by atoms with E-state index < -0.39 is 0 Å². The predicted molar refractivity (Wildman–Crippen MR) is 114 cm³/mol. The highest BCUT2D eigenvalue weighted by Crippen LogP contribution is 2.13. The molecule has 1 amide bonds. The lowest BCUT2D eigenvalue weighted by Gasteiger charge is -2.33. The Morgan fingerprint density at radius 2 is 1.86 bits per heavy atom. The maximum absolute atomic E-state index is 12.3. The molecule has 5 nitrogen and oxygen atoms in total. The van der Waals surface area contributed by atoms with E-state index in [0.29, 0.717) is 18.7 Å². The van der Waals surface area contributed by atoms with Crippen LogP contribution in [0.15, 0.2) is 48.5 Å². The normalized spacial score (nSPS) is 17.1. The Labute approximate surface area is 173 Å². The number of rotatable bonds is 8. The maximum Gasteiger partial charge on any atom is 0.220 e. The Hall–Kier alpha value is -2.50. The predicted octanol–water partition coefficient (Wildman–Crippen LogP) is 3.28. The van der Waals surface area contributed by atoms with E-state index in [-0.39, 0.29) is 30.6 Å². The molecule has 0 spiro atoms. The van der Waals surface area contributed by atoms with Crippen LogP contribution in [0.1, 0.15) is 39.9 Å². The van der Waals surface area contributed by atoms with E-state index in [2.05, 4.69) is 22.3 Å². The van der Waals surface area contributed by atoms with Crippen molar-refractivity contribution >= 4 is 11.7 Å². The number of aryl methyl sites for hydroxylation is 2. The number of Topliss-reactive ketones (excluding diaryl/α,β-unsaturated/α-hetero) is 1. The van der Waals surface area contributed by atoms with E-state index in [1.165, 1.54) is 5.56 Å². The SMILES string of the molecule is Cc1ccc(C(=O)CCC(=O)NCC2CN(Cc3ccccc3)CCO2)cc1C. The molecule has 1 heterocycles. The van der Waals surface area contributed by atoms with Gasteiger partial charge in [0.15, 0.2) is 5.78 Å². The van der Waals surface area contributed by atoms with Gasteiger partial charge in [-0.3, -0.25) is 14.5 Å². The summed E-state index contributed by atoms with van der Waals surface area (Å²) in [5, 5.41) is 2.92. The lowest BCUT2D eigenvalue weighted by molar-refractivity contribution is -0.122. The van der Waals surface area contributed by atoms with Crippen LogP contribution in [0.5, 0.6) is 0 Å². The minimum Gasteiger partial charge on any atom is -0.374 e. The van der Waals surface area contributed by atoms with Crippen LogP contribution in [0, 0.1) is 13.8 Å². The second kappa shape index (κ2) is 10.3. The Kier molecular flexibility index (Phi) is 7.55. The number of benzene rings is 2. The minimum absolute atomic E-state index is 0.00574. The van der Waals surface area contributed by atoms with Crippen molar-refractivity contribution < 1.29 is 14.3 Å². The largest absolute Gasteiger partial charge is 0.374 e. The number of ether oxygens (including phenoxy) is 1. The first-order valence-electron chi connectivity index (χ1n) is 10.3. The summed E-state index contributed by atoms with van der Waals surface area (Å²) in [7, 11) is 0. The van der Waals surface area contributed by atoms with Crippen molar-refractivity contribution in [3.05, 3.63) is 70.8 Å². The molecule has 0 aliphatic carbocycles. The molecule has 1 aliphatic rings. The first-order valence-corrected chi connectivity index (χ1v) is 10.3. The first kappa shape index (κ1) is 21.2. The van der Waals surface area contributed by atoms with Crippen LogP contribution < -0.4 is 5.32 Å². The number of carbonyl (C=O) groups is 2. The molecule has 0 radical (unpaired) electrons. The zero-order valence-corrected chi connectivity index (χ0v) is 17.3. The number of hydrogen-bond donors (Lipinski definition) is 1. The number of ketones is 1. The summed E-state index contributed by atoms with van der Waals surface area (Å²) < 4.78 is 5.79. The highest BCUT2D eigenvalue weighted by atomic mass is 16.5. The highest BCUT2D eigenvalue weighted by molar-refractivity contribution is 5.98. The van der Waals surface area contributed by atoms with Crippen LogP contribution in [-0.4, -0.2) is 48.9 Å². The average Bonchev–Trinajstić information content (AvgIpc) is 2.73. The van der Waals surface area contributed by atoms with E-state index in [4.69, 9.17) is 4.74 Å². The second-order valence-corrected chi connectivity index (χ2v) is 7.74. The van der Waals surface area contributed by atoms with Gasteiger partial charge in [-0.25, -0.2) is 0 Å². The fourth-order valence-corrected chi connectivity index (χ4v) is 3.49. The van der Waals surface area contributed by atoms with E-state index in [9.17, 15) is 9.59 Å². The van der Waals surface area contributed by atoms with Gasteiger partial charge in [0.2, 0.25) is 5.91 Å². The Balaban J connectivity index is 1.39. The number of hydrogen-bond acceptors (Lipinski definition) is 4. The lowest BCUT2D eigenvalue weighted by atomic mass is 10.0. The molecule has 1 fully saturated rings. The molecule has 1 atom stereocenters. The van der Waals surface area contributed by atoms with Crippen LogP contribution in [0.3, 0.4) is 0 Å². The molecule has 154 valence electrons. The summed E-state index contributed by atoms with van der Waals surface area (Å²) in [5.74, 6) is -0.0998. The van der Waals surface area contributed by atoms with Crippen molar-refractivity contribution in [2.24, 2.45) is 0 Å². The number of nitrogens with one attached hydrogen (secondary N) is 1. The third kappa shape index (κ3) is 6.51. The molecular weight excluding hydrogens is 364 g/mol. The highest BCUT2D eigenvalue weighted by Gasteiger charge is 2.21. The third-order valence-corrected chi connectivity index (χ3v) is 5.41. The monoisotopic (exact) mass is 394 g/mol. The number of morpholine rings is 1. The molecule has 5 heteroatoms. The standard InChI is InChI=1S/C24H30N2O3/c1-18-8-9-21(14-19(18)2)23(27)10-11-24(28)25-15-22-17-26(12-13-29-22)16-20-6-4-3-5-7-20/h3-9,14,22H,10-13,15-17H2,1-2H3,(H,25,28). The van der Waals surface area contributed by atoms with Crippen molar-refractivity contribution in [2.75, 3.05) is 26.2 Å². The van der Waals surface area contributed by atoms with Crippen molar-refractivity contribution in [1.82, 2.24) is 10.2 Å². The molecule has 29 heavy (non-hydrogen) atoms. The molecule has 0 bridgehead atoms. The van der Waals surface area contributed by atoms with Gasteiger partial charge in [-0.15, -0.1) is 0 Å². The van der Waals surface area contributed by atoms with Crippen molar-refractivity contribution in [3.63, 3.8) is 0 Å². The summed E-state index contributed by atoms with van der Waals surface area (Å²) in [6.07, 6.45) is 0.401. The van der Waals surface area contributed by atoms with E-state index in [1.807, 2.05) is 50.2 Å². The molecular formula is C24H30N2O3. The zero-order valence-electron chi connectivity index (χ0n) is 17.3. The molecule has 1 unspecified atom stereocenters. The fourth-order valence-electron chi connectivity index (χ4n) is 3.49. The van der Waals surface area contributed by atoms with Gasteiger partial charge in [0.05, 0.1) is 12.7 Å². The number of amides is 1. The molecule has 2 aromatic carbocycles. The quantitative estimate of drug-likeness (QED) is 0.698. The Morgan fingerprint density at radius 1 is 1.07 bits per heavy atom. The molecule has 1 saturated heterocycles. The van der Waals surface area contributed by atoms with Crippen LogP contribution >= 0.6 is 0 Å². The molecule has 3 rings (SSSR count). The molecule has 1 N–H and O–H groups in total. The third-order valence-electron chi connectivity index (χ3n) is 5.41. The minimum atomic E-state index is -0.106. The van der Waals surface area contributed by atoms with Gasteiger partial charge in [-0.1, -0.05) is 42.5 Å². The first-order chi connectivity index (χ1) is 14.0. The average molecular weight is 395 g/mol. The fraction of sp³-hybridized carbons (Fsp3) is 0.417. The van der Waals surface area contributed by atoms with Crippen LogP contribution in [0.4, 0.5) is 0 Å². The smallest absolute Gasteiger partial charge is 0.220 e. The van der Waals surface area contributed by atoms with Crippen molar-refractivity contribution in [3.8, 4) is 0 Å². The van der Waals surface area contributed by atoms with Gasteiger partial charge >= 0.3 is 0 Å². The molecule has 0 saturated carbocycles. The maximum atomic E-state index is 12.3. The second-order valence-electron chi connectivity index (χ2n) is 7.74. The topological polar surface area (TPSA) is 58.6 Å². The van der Waals surface area contributed by atoms with E-state index in [0.717, 1.165) is 30.8 Å². The molecule has 1 aliphatic heterocycles.